The fourth-order valence-electron chi connectivity index (χ4n) is 1.98. The van der Waals surface area contributed by atoms with Crippen LogP contribution >= 0.6 is 0 Å². The Morgan fingerprint density at radius 1 is 1.32 bits per heavy atom. The summed E-state index contributed by atoms with van der Waals surface area (Å²) >= 11 is 0. The van der Waals surface area contributed by atoms with Crippen LogP contribution in [0.4, 0.5) is 0 Å². The second-order valence-electron chi connectivity index (χ2n) is 5.30. The molecule has 1 rings (SSSR count). The largest absolute Gasteiger partial charge is 0.395 e. The molecule has 19 heavy (non-hydrogen) atoms. The second kappa shape index (κ2) is 8.91. The van der Waals surface area contributed by atoms with Gasteiger partial charge in [-0.3, -0.25) is 9.69 Å². The first-order chi connectivity index (χ1) is 9.13. The number of carbonyl (C=O) groups is 1. The Kier molecular flexibility index (Phi) is 7.48. The Hall–Kier alpha value is -1.10. The van der Waals surface area contributed by atoms with Crippen molar-refractivity contribution in [2.75, 3.05) is 39.3 Å². The van der Waals surface area contributed by atoms with Gasteiger partial charge in [0, 0.05) is 45.4 Å². The summed E-state index contributed by atoms with van der Waals surface area (Å²) in [7, 11) is 0. The van der Waals surface area contributed by atoms with Crippen molar-refractivity contribution >= 4 is 12.1 Å². The van der Waals surface area contributed by atoms with E-state index in [1.54, 1.807) is 6.21 Å². The summed E-state index contributed by atoms with van der Waals surface area (Å²) in [5.74, 6) is 0.716. The highest BCUT2D eigenvalue weighted by molar-refractivity contribution is 5.76. The van der Waals surface area contributed by atoms with Gasteiger partial charge in [-0.15, -0.1) is 0 Å². The Bertz CT molecular complexity index is 284. The minimum absolute atomic E-state index is 0.292. The van der Waals surface area contributed by atoms with Crippen LogP contribution in [0.15, 0.2) is 5.16 Å². The molecule has 0 N–H and O–H groups in total. The number of piperazine rings is 1. The van der Waals surface area contributed by atoms with Gasteiger partial charge in [0.25, 0.3) is 0 Å². The van der Waals surface area contributed by atoms with E-state index < -0.39 is 0 Å². The van der Waals surface area contributed by atoms with Crippen LogP contribution in [0, 0.1) is 5.92 Å². The Labute approximate surface area is 116 Å². The quantitative estimate of drug-likeness (QED) is 0.400. The number of oxime groups is 1. The smallest absolute Gasteiger partial charge is 0.222 e. The van der Waals surface area contributed by atoms with Gasteiger partial charge in [-0.2, -0.15) is 0 Å². The van der Waals surface area contributed by atoms with Gasteiger partial charge in [-0.1, -0.05) is 25.9 Å². The van der Waals surface area contributed by atoms with E-state index >= 15 is 0 Å². The number of hydrogen-bond donors (Lipinski definition) is 0. The van der Waals surface area contributed by atoms with Crippen LogP contribution in [0.5, 0.6) is 0 Å². The fraction of sp³-hybridized carbons (Fsp3) is 0.857. The number of rotatable bonds is 7. The third-order valence-corrected chi connectivity index (χ3v) is 3.12. The summed E-state index contributed by atoms with van der Waals surface area (Å²) in [6.45, 7) is 11.2. The molecule has 1 amide bonds. The number of carbonyl (C=O) groups excluding carboxylic acids is 1. The molecule has 0 atom stereocenters. The Morgan fingerprint density at radius 2 is 2.00 bits per heavy atom. The van der Waals surface area contributed by atoms with E-state index in [4.69, 9.17) is 4.84 Å². The van der Waals surface area contributed by atoms with Crippen molar-refractivity contribution in [1.29, 1.82) is 0 Å². The van der Waals surface area contributed by atoms with Crippen LogP contribution in [-0.2, 0) is 9.63 Å². The van der Waals surface area contributed by atoms with E-state index in [9.17, 15) is 4.79 Å². The second-order valence-corrected chi connectivity index (χ2v) is 5.30. The summed E-state index contributed by atoms with van der Waals surface area (Å²) in [4.78, 5) is 21.2. The Balaban J connectivity index is 2.11. The monoisotopic (exact) mass is 269 g/mol. The molecule has 0 radical (unpaired) electrons. The van der Waals surface area contributed by atoms with Gasteiger partial charge in [0.1, 0.15) is 6.61 Å². The molecule has 1 aliphatic rings. The van der Waals surface area contributed by atoms with Crippen molar-refractivity contribution in [3.05, 3.63) is 0 Å². The lowest BCUT2D eigenvalue weighted by atomic mass is 10.2. The molecule has 0 aliphatic carbocycles. The lowest BCUT2D eigenvalue weighted by Crippen LogP contribution is -2.49. The molecule has 5 heteroatoms. The zero-order valence-electron chi connectivity index (χ0n) is 12.5. The maximum absolute atomic E-state index is 11.7. The molecule has 1 saturated heterocycles. The van der Waals surface area contributed by atoms with Crippen LogP contribution in [0.2, 0.25) is 0 Å². The van der Waals surface area contributed by atoms with E-state index in [0.29, 0.717) is 24.9 Å². The van der Waals surface area contributed by atoms with E-state index in [1.165, 1.54) is 0 Å². The van der Waals surface area contributed by atoms with Crippen LogP contribution in [0.1, 0.15) is 33.6 Å². The predicted molar refractivity (Wildman–Crippen MR) is 77.2 cm³/mol. The fourth-order valence-corrected chi connectivity index (χ4v) is 1.98. The molecule has 0 unspecified atom stereocenters. The summed E-state index contributed by atoms with van der Waals surface area (Å²) in [5.41, 5.74) is 0. The molecular formula is C14H27N3O2. The maximum Gasteiger partial charge on any atom is 0.222 e. The van der Waals surface area contributed by atoms with Crippen molar-refractivity contribution in [2.45, 2.75) is 33.6 Å². The lowest BCUT2D eigenvalue weighted by molar-refractivity contribution is -0.133. The molecule has 110 valence electrons. The van der Waals surface area contributed by atoms with Crippen LogP contribution in [-0.4, -0.2) is 61.3 Å². The molecule has 0 saturated carbocycles. The number of nitrogens with zero attached hydrogens (tertiary/aromatic N) is 3. The average Bonchev–Trinajstić information content (AvgIpc) is 2.39. The van der Waals surface area contributed by atoms with Gasteiger partial charge in [-0.25, -0.2) is 0 Å². The molecule has 0 spiro atoms. The molecule has 1 aliphatic heterocycles. The first kappa shape index (κ1) is 16.0. The first-order valence-electron chi connectivity index (χ1n) is 7.29. The molecule has 0 bridgehead atoms. The predicted octanol–water partition coefficient (Wildman–Crippen LogP) is 1.59. The van der Waals surface area contributed by atoms with Gasteiger partial charge in [-0.05, 0) is 12.3 Å². The van der Waals surface area contributed by atoms with E-state index in [2.05, 4.69) is 23.9 Å². The zero-order chi connectivity index (χ0) is 14.1. The standard InChI is InChI=1S/C14H27N3O2/c1-4-5-14(18)17-8-6-16(7-9-17)10-11-19-15-12-13(2)3/h12-13H,4-11H2,1-3H3/b15-12+. The molecule has 1 fully saturated rings. The van der Waals surface area contributed by atoms with E-state index in [0.717, 1.165) is 39.1 Å². The SMILES string of the molecule is CCCC(=O)N1CCN(CCO/N=C/C(C)C)CC1. The average molecular weight is 269 g/mol. The van der Waals surface area contributed by atoms with Gasteiger partial charge in [0.15, 0.2) is 0 Å². The number of amides is 1. The molecule has 0 aromatic heterocycles. The first-order valence-corrected chi connectivity index (χ1v) is 7.29. The van der Waals surface area contributed by atoms with Gasteiger partial charge in [0.2, 0.25) is 5.91 Å². The van der Waals surface area contributed by atoms with Crippen molar-refractivity contribution in [3.8, 4) is 0 Å². The van der Waals surface area contributed by atoms with Gasteiger partial charge >= 0.3 is 0 Å². The third kappa shape index (κ3) is 6.57. The molecule has 0 aromatic carbocycles. The molecule has 0 aromatic rings. The molecular weight excluding hydrogens is 242 g/mol. The minimum Gasteiger partial charge on any atom is -0.395 e. The molecule has 1 heterocycles. The Morgan fingerprint density at radius 3 is 2.58 bits per heavy atom. The third-order valence-electron chi connectivity index (χ3n) is 3.12. The zero-order valence-corrected chi connectivity index (χ0v) is 12.5. The lowest BCUT2D eigenvalue weighted by Gasteiger charge is -2.34. The summed E-state index contributed by atoms with van der Waals surface area (Å²) in [6.07, 6.45) is 3.41. The minimum atomic E-state index is 0.292. The van der Waals surface area contributed by atoms with Crippen molar-refractivity contribution in [1.82, 2.24) is 9.80 Å². The number of hydrogen-bond acceptors (Lipinski definition) is 4. The molecule has 5 nitrogen and oxygen atoms in total. The summed E-state index contributed by atoms with van der Waals surface area (Å²) < 4.78 is 0. The van der Waals surface area contributed by atoms with Crippen molar-refractivity contribution in [2.24, 2.45) is 11.1 Å². The van der Waals surface area contributed by atoms with Gasteiger partial charge in [0.05, 0.1) is 0 Å². The van der Waals surface area contributed by atoms with Crippen LogP contribution in [0.3, 0.4) is 0 Å². The van der Waals surface area contributed by atoms with Crippen molar-refractivity contribution in [3.63, 3.8) is 0 Å². The maximum atomic E-state index is 11.7. The highest BCUT2D eigenvalue weighted by atomic mass is 16.6. The van der Waals surface area contributed by atoms with E-state index in [1.807, 2.05) is 11.8 Å². The normalized spacial score (nSPS) is 17.4. The van der Waals surface area contributed by atoms with Gasteiger partial charge < -0.3 is 9.74 Å². The van der Waals surface area contributed by atoms with E-state index in [-0.39, 0.29) is 0 Å². The van der Waals surface area contributed by atoms with Crippen LogP contribution in [0.25, 0.3) is 0 Å². The van der Waals surface area contributed by atoms with Crippen LogP contribution < -0.4 is 0 Å². The topological polar surface area (TPSA) is 45.1 Å². The highest BCUT2D eigenvalue weighted by Gasteiger charge is 2.19. The summed E-state index contributed by atoms with van der Waals surface area (Å²) in [5, 5.41) is 3.91. The summed E-state index contributed by atoms with van der Waals surface area (Å²) in [6, 6.07) is 0. The highest BCUT2D eigenvalue weighted by Crippen LogP contribution is 2.04. The van der Waals surface area contributed by atoms with Crippen molar-refractivity contribution < 1.29 is 9.63 Å².